The number of benzene rings is 4. The lowest BCUT2D eigenvalue weighted by Gasteiger charge is -2.36. The summed E-state index contributed by atoms with van der Waals surface area (Å²) in [6.45, 7) is 3.13. The number of morpholine rings is 1. The summed E-state index contributed by atoms with van der Waals surface area (Å²) in [5, 5.41) is 26.1. The highest BCUT2D eigenvalue weighted by Crippen LogP contribution is 2.40. The van der Waals surface area contributed by atoms with Crippen molar-refractivity contribution in [2.45, 2.75) is 5.54 Å². The number of anilines is 1. The summed E-state index contributed by atoms with van der Waals surface area (Å²) in [6.07, 6.45) is 1.77. The molecule has 7 heteroatoms. The molecule has 0 spiro atoms. The van der Waals surface area contributed by atoms with E-state index in [0.717, 1.165) is 41.0 Å². The van der Waals surface area contributed by atoms with Crippen LogP contribution < -0.4 is 10.4 Å². The van der Waals surface area contributed by atoms with Crippen molar-refractivity contribution in [3.8, 4) is 11.3 Å². The summed E-state index contributed by atoms with van der Waals surface area (Å²) >= 11 is 0. The number of aromatic nitrogens is 2. The largest absolute Gasteiger partial charge is 0.492 e. The molecule has 39 heavy (non-hydrogen) atoms. The summed E-state index contributed by atoms with van der Waals surface area (Å²) in [6, 6.07) is 38.8. The maximum absolute atomic E-state index is 10.5. The fourth-order valence-electron chi connectivity index (χ4n) is 5.56. The van der Waals surface area contributed by atoms with E-state index in [-0.39, 0.29) is 0 Å². The Morgan fingerprint density at radius 3 is 1.62 bits per heavy atom. The van der Waals surface area contributed by atoms with Gasteiger partial charge in [0, 0.05) is 36.0 Å². The molecule has 1 aromatic heterocycles. The number of hydrogen-bond donors (Lipinski definition) is 2. The van der Waals surface area contributed by atoms with E-state index in [1.807, 2.05) is 71.4 Å². The summed E-state index contributed by atoms with van der Waals surface area (Å²) in [4.78, 5) is 2.29. The van der Waals surface area contributed by atoms with E-state index < -0.39 is 12.7 Å². The summed E-state index contributed by atoms with van der Waals surface area (Å²) in [7, 11) is -1.69. The van der Waals surface area contributed by atoms with Crippen LogP contribution in [0, 0.1) is 0 Å². The van der Waals surface area contributed by atoms with E-state index in [1.165, 1.54) is 0 Å². The minimum Gasteiger partial charge on any atom is -0.423 e. The van der Waals surface area contributed by atoms with Crippen molar-refractivity contribution in [2.24, 2.45) is 0 Å². The molecule has 1 aliphatic heterocycles. The van der Waals surface area contributed by atoms with Gasteiger partial charge in [0.25, 0.3) is 0 Å². The van der Waals surface area contributed by atoms with Crippen molar-refractivity contribution in [3.05, 3.63) is 138 Å². The average Bonchev–Trinajstić information content (AvgIpc) is 3.46. The maximum Gasteiger partial charge on any atom is 0.492 e. The molecular formula is C32H30BN3O3. The second-order valence-corrected chi connectivity index (χ2v) is 9.71. The molecule has 1 saturated heterocycles. The summed E-state index contributed by atoms with van der Waals surface area (Å²) in [5.74, 6) is 0. The van der Waals surface area contributed by atoms with Crippen LogP contribution in [0.25, 0.3) is 11.3 Å². The Hall–Kier alpha value is -4.17. The highest BCUT2D eigenvalue weighted by atomic mass is 16.5. The van der Waals surface area contributed by atoms with Crippen LogP contribution in [-0.2, 0) is 10.3 Å². The SMILES string of the molecule is OB(O)c1cn(C(c2ccccc2)(c2ccccc2)c2ccccc2)nc1-c1ccc(N2CCOCC2)cc1. The van der Waals surface area contributed by atoms with Gasteiger partial charge in [0.05, 0.1) is 18.9 Å². The van der Waals surface area contributed by atoms with Gasteiger partial charge < -0.3 is 19.7 Å². The van der Waals surface area contributed by atoms with Crippen molar-refractivity contribution in [1.29, 1.82) is 0 Å². The molecule has 0 aliphatic carbocycles. The second-order valence-electron chi connectivity index (χ2n) is 9.71. The van der Waals surface area contributed by atoms with Gasteiger partial charge in [0.1, 0.15) is 5.54 Å². The minimum absolute atomic E-state index is 0.348. The quantitative estimate of drug-likeness (QED) is 0.254. The molecule has 0 saturated carbocycles. The molecule has 0 atom stereocenters. The van der Waals surface area contributed by atoms with Gasteiger partial charge in [-0.15, -0.1) is 0 Å². The highest BCUT2D eigenvalue weighted by Gasteiger charge is 2.40. The Kier molecular flexibility index (Phi) is 7.03. The molecule has 5 aromatic rings. The number of nitrogens with zero attached hydrogens (tertiary/aromatic N) is 3. The predicted molar refractivity (Wildman–Crippen MR) is 155 cm³/mol. The van der Waals surface area contributed by atoms with Gasteiger partial charge in [-0.1, -0.05) is 103 Å². The smallest absolute Gasteiger partial charge is 0.423 e. The molecule has 0 amide bonds. The van der Waals surface area contributed by atoms with E-state index in [9.17, 15) is 10.0 Å². The Morgan fingerprint density at radius 2 is 1.15 bits per heavy atom. The van der Waals surface area contributed by atoms with Crippen molar-refractivity contribution >= 4 is 18.3 Å². The number of rotatable bonds is 7. The fraction of sp³-hybridized carbons (Fsp3) is 0.156. The lowest BCUT2D eigenvalue weighted by Crippen LogP contribution is -2.39. The summed E-state index contributed by atoms with van der Waals surface area (Å²) < 4.78 is 7.37. The van der Waals surface area contributed by atoms with Gasteiger partial charge in [-0.25, -0.2) is 0 Å². The first kappa shape index (κ1) is 25.1. The molecule has 2 N–H and O–H groups in total. The molecule has 1 aliphatic rings. The van der Waals surface area contributed by atoms with Gasteiger partial charge in [-0.2, -0.15) is 5.10 Å². The van der Waals surface area contributed by atoms with E-state index in [4.69, 9.17) is 9.84 Å². The van der Waals surface area contributed by atoms with Gasteiger partial charge in [0.2, 0.25) is 0 Å². The molecule has 1 fully saturated rings. The lowest BCUT2D eigenvalue weighted by molar-refractivity contribution is 0.122. The van der Waals surface area contributed by atoms with Crippen LogP contribution >= 0.6 is 0 Å². The topological polar surface area (TPSA) is 70.8 Å². The Morgan fingerprint density at radius 1 is 0.667 bits per heavy atom. The Bertz CT molecular complexity index is 1400. The molecular weight excluding hydrogens is 485 g/mol. The Labute approximate surface area is 228 Å². The third-order valence-electron chi connectivity index (χ3n) is 7.46. The maximum atomic E-state index is 10.5. The molecule has 6 nitrogen and oxygen atoms in total. The molecule has 0 radical (unpaired) electrons. The van der Waals surface area contributed by atoms with Crippen LogP contribution in [0.1, 0.15) is 16.7 Å². The van der Waals surface area contributed by atoms with Gasteiger partial charge >= 0.3 is 7.12 Å². The Balaban J connectivity index is 1.55. The zero-order valence-electron chi connectivity index (χ0n) is 21.6. The third kappa shape index (κ3) is 4.65. The van der Waals surface area contributed by atoms with Crippen molar-refractivity contribution in [3.63, 3.8) is 0 Å². The van der Waals surface area contributed by atoms with Gasteiger partial charge in [-0.3, -0.25) is 4.68 Å². The highest BCUT2D eigenvalue weighted by molar-refractivity contribution is 6.60. The third-order valence-corrected chi connectivity index (χ3v) is 7.46. The van der Waals surface area contributed by atoms with Crippen molar-refractivity contribution in [1.82, 2.24) is 9.78 Å². The first-order valence-electron chi connectivity index (χ1n) is 13.2. The zero-order valence-corrected chi connectivity index (χ0v) is 21.6. The van der Waals surface area contributed by atoms with Crippen molar-refractivity contribution in [2.75, 3.05) is 31.2 Å². The summed E-state index contributed by atoms with van der Waals surface area (Å²) in [5.41, 5.74) is 5.00. The fourth-order valence-corrected chi connectivity index (χ4v) is 5.56. The average molecular weight is 515 g/mol. The second kappa shape index (κ2) is 10.9. The molecule has 0 bridgehead atoms. The monoisotopic (exact) mass is 515 g/mol. The van der Waals surface area contributed by atoms with Crippen LogP contribution in [0.2, 0.25) is 0 Å². The molecule has 194 valence electrons. The standard InChI is InChI=1S/C32H30BN3O3/c37-33(38)30-24-36(34-31(30)25-16-18-29(19-17-25)35-20-22-39-23-21-35)32(26-10-4-1-5-11-26,27-12-6-2-7-13-27)28-14-8-3-9-15-28/h1-19,24,37-38H,20-23H2. The molecule has 4 aromatic carbocycles. The van der Waals surface area contributed by atoms with E-state index >= 15 is 0 Å². The first-order chi connectivity index (χ1) is 19.2. The molecule has 6 rings (SSSR count). The van der Waals surface area contributed by atoms with Crippen LogP contribution in [0.5, 0.6) is 0 Å². The van der Waals surface area contributed by atoms with Crippen LogP contribution in [0.4, 0.5) is 5.69 Å². The van der Waals surface area contributed by atoms with Crippen LogP contribution in [-0.4, -0.2) is 53.3 Å². The predicted octanol–water partition coefficient (Wildman–Crippen LogP) is 3.91. The van der Waals surface area contributed by atoms with Gasteiger partial charge in [-0.05, 0) is 28.8 Å². The molecule has 2 heterocycles. The van der Waals surface area contributed by atoms with Crippen LogP contribution in [0.15, 0.2) is 121 Å². The zero-order chi connectivity index (χ0) is 26.7. The molecule has 0 unspecified atom stereocenters. The normalized spacial score (nSPS) is 13.8. The number of hydrogen-bond acceptors (Lipinski definition) is 5. The van der Waals surface area contributed by atoms with E-state index in [0.29, 0.717) is 24.4 Å². The first-order valence-corrected chi connectivity index (χ1v) is 13.2. The van der Waals surface area contributed by atoms with Gasteiger partial charge in [0.15, 0.2) is 0 Å². The van der Waals surface area contributed by atoms with Crippen LogP contribution in [0.3, 0.4) is 0 Å². The minimum atomic E-state index is -1.69. The van der Waals surface area contributed by atoms with E-state index in [1.54, 1.807) is 6.20 Å². The number of ether oxygens (including phenoxy) is 1. The lowest BCUT2D eigenvalue weighted by atomic mass is 9.76. The van der Waals surface area contributed by atoms with E-state index in [2.05, 4.69) is 53.4 Å². The van der Waals surface area contributed by atoms with Crippen molar-refractivity contribution < 1.29 is 14.8 Å².